The molecule has 0 saturated carbocycles. The smallest absolute Gasteiger partial charge is 0.410 e. The summed E-state index contributed by atoms with van der Waals surface area (Å²) in [5, 5.41) is 0. The van der Waals surface area contributed by atoms with Gasteiger partial charge in [0.1, 0.15) is 5.60 Å². The summed E-state index contributed by atoms with van der Waals surface area (Å²) in [7, 11) is 0. The van der Waals surface area contributed by atoms with Crippen molar-refractivity contribution in [1.82, 2.24) is 9.80 Å². The molecule has 0 atom stereocenters. The summed E-state index contributed by atoms with van der Waals surface area (Å²) in [4.78, 5) is 29.3. The van der Waals surface area contributed by atoms with Crippen LogP contribution >= 0.6 is 0 Å². The average molecular weight is 383 g/mol. The largest absolute Gasteiger partial charge is 0.466 e. The standard InChI is InChI=1S/C21H38N2O4/c1-5-26-18(24)21(10-9-15-22-13-7-6-8-14-22)11-16-23(17-12-21)19(25)27-20(2,3)4/h5-17H2,1-4H3. The molecule has 2 saturated heterocycles. The van der Waals surface area contributed by atoms with E-state index in [4.69, 9.17) is 9.47 Å². The molecule has 0 N–H and O–H groups in total. The minimum absolute atomic E-state index is 0.0903. The third kappa shape index (κ3) is 6.66. The van der Waals surface area contributed by atoms with Gasteiger partial charge in [-0.25, -0.2) is 4.79 Å². The lowest BCUT2D eigenvalue weighted by Crippen LogP contribution is -2.48. The van der Waals surface area contributed by atoms with Crippen LogP contribution in [-0.2, 0) is 14.3 Å². The van der Waals surface area contributed by atoms with Gasteiger partial charge in [-0.05, 0) is 85.9 Å². The van der Waals surface area contributed by atoms with Crippen molar-refractivity contribution in [2.75, 3.05) is 39.3 Å². The number of piperidine rings is 2. The zero-order valence-corrected chi connectivity index (χ0v) is 17.7. The number of likely N-dealkylation sites (tertiary alicyclic amines) is 2. The first-order valence-electron chi connectivity index (χ1n) is 10.6. The van der Waals surface area contributed by atoms with Crippen LogP contribution in [0.2, 0.25) is 0 Å². The molecule has 2 aliphatic rings. The van der Waals surface area contributed by atoms with E-state index in [1.54, 1.807) is 4.90 Å². The highest BCUT2D eigenvalue weighted by Gasteiger charge is 2.43. The van der Waals surface area contributed by atoms with Gasteiger partial charge in [0, 0.05) is 13.1 Å². The van der Waals surface area contributed by atoms with Gasteiger partial charge in [-0.3, -0.25) is 4.79 Å². The van der Waals surface area contributed by atoms with E-state index in [1.807, 2.05) is 27.7 Å². The molecule has 2 fully saturated rings. The Hall–Kier alpha value is -1.30. The third-order valence-corrected chi connectivity index (χ3v) is 5.66. The fraction of sp³-hybridized carbons (Fsp3) is 0.905. The minimum Gasteiger partial charge on any atom is -0.466 e. The summed E-state index contributed by atoms with van der Waals surface area (Å²) < 4.78 is 10.9. The third-order valence-electron chi connectivity index (χ3n) is 5.66. The first kappa shape index (κ1) is 22.0. The zero-order chi connectivity index (χ0) is 19.9. The van der Waals surface area contributed by atoms with Crippen LogP contribution in [0.3, 0.4) is 0 Å². The molecule has 0 aromatic rings. The summed E-state index contributed by atoms with van der Waals surface area (Å²) in [6.45, 7) is 12.4. The van der Waals surface area contributed by atoms with Crippen molar-refractivity contribution < 1.29 is 19.1 Å². The maximum absolute atomic E-state index is 12.7. The summed E-state index contributed by atoms with van der Waals surface area (Å²) in [6.07, 6.45) is 6.78. The predicted octanol–water partition coefficient (Wildman–Crippen LogP) is 3.83. The summed E-state index contributed by atoms with van der Waals surface area (Å²) in [5.74, 6) is -0.0903. The van der Waals surface area contributed by atoms with E-state index in [-0.39, 0.29) is 12.1 Å². The number of amides is 1. The van der Waals surface area contributed by atoms with Crippen LogP contribution in [0.5, 0.6) is 0 Å². The van der Waals surface area contributed by atoms with Gasteiger partial charge >= 0.3 is 12.1 Å². The van der Waals surface area contributed by atoms with Crippen LogP contribution in [0.1, 0.15) is 72.6 Å². The number of rotatable bonds is 6. The summed E-state index contributed by atoms with van der Waals surface area (Å²) in [5.41, 5.74) is -0.953. The molecular formula is C21H38N2O4. The Morgan fingerprint density at radius 3 is 2.19 bits per heavy atom. The molecular weight excluding hydrogens is 344 g/mol. The summed E-state index contributed by atoms with van der Waals surface area (Å²) >= 11 is 0. The first-order valence-corrected chi connectivity index (χ1v) is 10.6. The Balaban J connectivity index is 1.90. The minimum atomic E-state index is -0.499. The Labute approximate surface area is 164 Å². The monoisotopic (exact) mass is 382 g/mol. The lowest BCUT2D eigenvalue weighted by atomic mass is 9.74. The Morgan fingerprint density at radius 1 is 1.00 bits per heavy atom. The number of carbonyl (C=O) groups is 2. The van der Waals surface area contributed by atoms with Crippen molar-refractivity contribution in [2.45, 2.75) is 78.2 Å². The van der Waals surface area contributed by atoms with Crippen LogP contribution in [0.4, 0.5) is 4.79 Å². The van der Waals surface area contributed by atoms with Gasteiger partial charge < -0.3 is 19.3 Å². The van der Waals surface area contributed by atoms with E-state index in [9.17, 15) is 9.59 Å². The van der Waals surface area contributed by atoms with Crippen molar-refractivity contribution in [1.29, 1.82) is 0 Å². The van der Waals surface area contributed by atoms with Crippen LogP contribution < -0.4 is 0 Å². The van der Waals surface area contributed by atoms with Crippen LogP contribution in [0, 0.1) is 5.41 Å². The van der Waals surface area contributed by atoms with Gasteiger partial charge in [-0.1, -0.05) is 6.42 Å². The molecule has 6 heteroatoms. The lowest BCUT2D eigenvalue weighted by Gasteiger charge is -2.40. The molecule has 2 rings (SSSR count). The van der Waals surface area contributed by atoms with E-state index < -0.39 is 11.0 Å². The van der Waals surface area contributed by atoms with Crippen molar-refractivity contribution in [3.05, 3.63) is 0 Å². The normalized spacial score (nSPS) is 21.0. The van der Waals surface area contributed by atoms with E-state index in [0.29, 0.717) is 32.5 Å². The number of nitrogens with zero attached hydrogens (tertiary/aromatic N) is 2. The molecule has 156 valence electrons. The lowest BCUT2D eigenvalue weighted by molar-refractivity contribution is -0.159. The van der Waals surface area contributed by atoms with E-state index in [0.717, 1.165) is 19.4 Å². The molecule has 0 unspecified atom stereocenters. The molecule has 2 heterocycles. The topological polar surface area (TPSA) is 59.1 Å². The SMILES string of the molecule is CCOC(=O)C1(CCCN2CCCCC2)CCN(C(=O)OC(C)(C)C)CC1. The van der Waals surface area contributed by atoms with Crippen LogP contribution in [-0.4, -0.2) is 66.8 Å². The summed E-state index contributed by atoms with van der Waals surface area (Å²) in [6, 6.07) is 0. The highest BCUT2D eigenvalue weighted by Crippen LogP contribution is 2.38. The molecule has 0 radical (unpaired) electrons. The number of hydrogen-bond acceptors (Lipinski definition) is 5. The van der Waals surface area contributed by atoms with Gasteiger partial charge in [0.25, 0.3) is 0 Å². The first-order chi connectivity index (χ1) is 12.8. The van der Waals surface area contributed by atoms with Crippen molar-refractivity contribution >= 4 is 12.1 Å². The number of hydrogen-bond donors (Lipinski definition) is 0. The number of esters is 1. The second-order valence-corrected chi connectivity index (χ2v) is 8.97. The molecule has 1 amide bonds. The van der Waals surface area contributed by atoms with E-state index in [2.05, 4.69) is 4.90 Å². The second-order valence-electron chi connectivity index (χ2n) is 8.97. The Bertz CT molecular complexity index is 487. The van der Waals surface area contributed by atoms with Crippen LogP contribution in [0.25, 0.3) is 0 Å². The van der Waals surface area contributed by atoms with Gasteiger partial charge in [0.05, 0.1) is 12.0 Å². The van der Waals surface area contributed by atoms with Crippen molar-refractivity contribution in [2.24, 2.45) is 5.41 Å². The van der Waals surface area contributed by atoms with Crippen molar-refractivity contribution in [3.8, 4) is 0 Å². The molecule has 0 aliphatic carbocycles. The number of ether oxygens (including phenoxy) is 2. The Kier molecular flexibility index (Phi) is 7.95. The highest BCUT2D eigenvalue weighted by molar-refractivity contribution is 5.77. The quantitative estimate of drug-likeness (QED) is 0.654. The zero-order valence-electron chi connectivity index (χ0n) is 17.7. The maximum Gasteiger partial charge on any atom is 0.410 e. The Morgan fingerprint density at radius 2 is 1.63 bits per heavy atom. The van der Waals surface area contributed by atoms with Gasteiger partial charge in [0.2, 0.25) is 0 Å². The highest BCUT2D eigenvalue weighted by atomic mass is 16.6. The van der Waals surface area contributed by atoms with Gasteiger partial charge in [-0.2, -0.15) is 0 Å². The van der Waals surface area contributed by atoms with Gasteiger partial charge in [-0.15, -0.1) is 0 Å². The maximum atomic E-state index is 12.7. The van der Waals surface area contributed by atoms with Gasteiger partial charge in [0.15, 0.2) is 0 Å². The second kappa shape index (κ2) is 9.76. The molecule has 27 heavy (non-hydrogen) atoms. The molecule has 0 aromatic heterocycles. The van der Waals surface area contributed by atoms with E-state index >= 15 is 0 Å². The van der Waals surface area contributed by atoms with Crippen molar-refractivity contribution in [3.63, 3.8) is 0 Å². The molecule has 0 spiro atoms. The molecule has 0 aromatic carbocycles. The molecule has 6 nitrogen and oxygen atoms in total. The van der Waals surface area contributed by atoms with Crippen LogP contribution in [0.15, 0.2) is 0 Å². The fourth-order valence-corrected chi connectivity index (χ4v) is 4.11. The average Bonchev–Trinajstić information content (AvgIpc) is 2.62. The fourth-order valence-electron chi connectivity index (χ4n) is 4.11. The molecule has 2 aliphatic heterocycles. The molecule has 0 bridgehead atoms. The predicted molar refractivity (Wildman–Crippen MR) is 106 cm³/mol. The number of carbonyl (C=O) groups excluding carboxylic acids is 2. The van der Waals surface area contributed by atoms with E-state index in [1.165, 1.54) is 32.4 Å².